The summed E-state index contributed by atoms with van der Waals surface area (Å²) in [6.45, 7) is 0. The van der Waals surface area contributed by atoms with Gasteiger partial charge in [0.2, 0.25) is 5.91 Å². The maximum atomic E-state index is 11.9. The number of benzene rings is 1. The van der Waals surface area contributed by atoms with Gasteiger partial charge in [0.05, 0.1) is 0 Å². The van der Waals surface area contributed by atoms with E-state index in [0.29, 0.717) is 0 Å². The van der Waals surface area contributed by atoms with Gasteiger partial charge in [0.15, 0.2) is 0 Å². The Balaban J connectivity index is 2.77. The minimum Gasteiger partial charge on any atom is -0.366 e. The molecule has 0 aliphatic heterocycles. The smallest absolute Gasteiger partial charge is 0.366 e. The molecule has 0 aromatic heterocycles. The van der Waals surface area contributed by atoms with E-state index in [-0.39, 0.29) is 11.3 Å². The molecule has 0 bridgehead atoms. The van der Waals surface area contributed by atoms with Crippen molar-refractivity contribution in [3.63, 3.8) is 0 Å². The first-order chi connectivity index (χ1) is 7.30. The second-order valence-electron chi connectivity index (χ2n) is 2.89. The van der Waals surface area contributed by atoms with Crippen LogP contribution in [0.15, 0.2) is 24.3 Å². The summed E-state index contributed by atoms with van der Waals surface area (Å²) in [6.07, 6.45) is -4.94. The molecule has 4 nitrogen and oxygen atoms in total. The third kappa shape index (κ3) is 2.97. The van der Waals surface area contributed by atoms with Gasteiger partial charge in [-0.25, -0.2) is 0 Å². The SMILES string of the molecule is NC(=O)c1ccc(NC(=O)C(F)(F)F)cc1. The molecule has 1 aromatic carbocycles. The first kappa shape index (κ1) is 12.0. The van der Waals surface area contributed by atoms with Gasteiger partial charge in [0.1, 0.15) is 0 Å². The lowest BCUT2D eigenvalue weighted by molar-refractivity contribution is -0.167. The van der Waals surface area contributed by atoms with Crippen LogP contribution in [0.25, 0.3) is 0 Å². The number of carbonyl (C=O) groups excluding carboxylic acids is 2. The quantitative estimate of drug-likeness (QED) is 0.806. The van der Waals surface area contributed by atoms with E-state index in [1.165, 1.54) is 12.1 Å². The molecular weight excluding hydrogens is 225 g/mol. The van der Waals surface area contributed by atoms with Gasteiger partial charge in [0, 0.05) is 11.3 Å². The molecule has 0 saturated carbocycles. The number of amides is 2. The van der Waals surface area contributed by atoms with E-state index in [1.54, 1.807) is 5.32 Å². The van der Waals surface area contributed by atoms with E-state index in [4.69, 9.17) is 5.73 Å². The average molecular weight is 232 g/mol. The van der Waals surface area contributed by atoms with Crippen LogP contribution >= 0.6 is 0 Å². The molecule has 0 saturated heterocycles. The number of primary amides is 1. The van der Waals surface area contributed by atoms with Gasteiger partial charge in [0.25, 0.3) is 0 Å². The molecule has 86 valence electrons. The Morgan fingerprint density at radius 3 is 2.00 bits per heavy atom. The fourth-order valence-corrected chi connectivity index (χ4v) is 0.920. The topological polar surface area (TPSA) is 72.2 Å². The van der Waals surface area contributed by atoms with Crippen LogP contribution in [-0.4, -0.2) is 18.0 Å². The van der Waals surface area contributed by atoms with Crippen LogP contribution in [0.1, 0.15) is 10.4 Å². The summed E-state index contributed by atoms with van der Waals surface area (Å²) in [7, 11) is 0. The van der Waals surface area contributed by atoms with Crippen molar-refractivity contribution >= 4 is 17.5 Å². The third-order valence-corrected chi connectivity index (χ3v) is 1.68. The highest BCUT2D eigenvalue weighted by Gasteiger charge is 2.38. The van der Waals surface area contributed by atoms with Gasteiger partial charge in [-0.2, -0.15) is 13.2 Å². The van der Waals surface area contributed by atoms with E-state index < -0.39 is 18.0 Å². The Morgan fingerprint density at radius 1 is 1.12 bits per heavy atom. The Labute approximate surface area is 88.2 Å². The van der Waals surface area contributed by atoms with Crippen LogP contribution in [0.3, 0.4) is 0 Å². The average Bonchev–Trinajstić information content (AvgIpc) is 2.17. The predicted molar refractivity (Wildman–Crippen MR) is 49.6 cm³/mol. The van der Waals surface area contributed by atoms with Crippen molar-refractivity contribution in [2.24, 2.45) is 5.73 Å². The van der Waals surface area contributed by atoms with E-state index in [9.17, 15) is 22.8 Å². The number of halogens is 3. The summed E-state index contributed by atoms with van der Waals surface area (Å²) in [4.78, 5) is 21.2. The standard InChI is InChI=1S/C9H7F3N2O2/c10-9(11,12)8(16)14-6-3-1-5(2-4-6)7(13)15/h1-4H,(H2,13,15)(H,14,16). The molecule has 7 heteroatoms. The normalized spacial score (nSPS) is 10.9. The van der Waals surface area contributed by atoms with Gasteiger partial charge in [-0.1, -0.05) is 0 Å². The highest BCUT2D eigenvalue weighted by atomic mass is 19.4. The van der Waals surface area contributed by atoms with Crippen molar-refractivity contribution in [2.75, 3.05) is 5.32 Å². The maximum Gasteiger partial charge on any atom is 0.471 e. The highest BCUT2D eigenvalue weighted by Crippen LogP contribution is 2.18. The Morgan fingerprint density at radius 2 is 1.62 bits per heavy atom. The molecule has 0 heterocycles. The summed E-state index contributed by atoms with van der Waals surface area (Å²) < 4.78 is 35.6. The first-order valence-electron chi connectivity index (χ1n) is 4.09. The molecule has 0 aliphatic rings. The number of carbonyl (C=O) groups is 2. The molecule has 0 atom stereocenters. The number of hydrogen-bond acceptors (Lipinski definition) is 2. The largest absolute Gasteiger partial charge is 0.471 e. The van der Waals surface area contributed by atoms with E-state index in [2.05, 4.69) is 0 Å². The molecule has 0 fully saturated rings. The number of hydrogen-bond donors (Lipinski definition) is 2. The molecule has 1 aromatic rings. The number of nitrogens with two attached hydrogens (primary N) is 1. The Bertz CT molecular complexity index is 412. The van der Waals surface area contributed by atoms with Crippen molar-refractivity contribution < 1.29 is 22.8 Å². The van der Waals surface area contributed by atoms with Gasteiger partial charge in [-0.3, -0.25) is 9.59 Å². The number of nitrogens with one attached hydrogen (secondary N) is 1. The molecule has 0 unspecified atom stereocenters. The minimum absolute atomic E-state index is 0.0627. The van der Waals surface area contributed by atoms with Crippen molar-refractivity contribution in [1.82, 2.24) is 0 Å². The summed E-state index contributed by atoms with van der Waals surface area (Å²) in [5, 5.41) is 1.63. The van der Waals surface area contributed by atoms with Gasteiger partial charge in [-0.15, -0.1) is 0 Å². The lowest BCUT2D eigenvalue weighted by Gasteiger charge is -2.07. The molecule has 3 N–H and O–H groups in total. The summed E-state index contributed by atoms with van der Waals surface area (Å²) in [6, 6.07) is 4.75. The maximum absolute atomic E-state index is 11.9. The lowest BCUT2D eigenvalue weighted by atomic mass is 10.2. The zero-order valence-electron chi connectivity index (χ0n) is 7.84. The fraction of sp³-hybridized carbons (Fsp3) is 0.111. The highest BCUT2D eigenvalue weighted by molar-refractivity contribution is 5.96. The predicted octanol–water partition coefficient (Wildman–Crippen LogP) is 1.29. The number of anilines is 1. The summed E-state index contributed by atoms with van der Waals surface area (Å²) >= 11 is 0. The molecule has 0 aliphatic carbocycles. The number of rotatable bonds is 2. The van der Waals surface area contributed by atoms with Gasteiger partial charge >= 0.3 is 12.1 Å². The van der Waals surface area contributed by atoms with Crippen molar-refractivity contribution in [1.29, 1.82) is 0 Å². The Hall–Kier alpha value is -2.05. The van der Waals surface area contributed by atoms with Crippen molar-refractivity contribution in [3.8, 4) is 0 Å². The van der Waals surface area contributed by atoms with Crippen LogP contribution in [0.5, 0.6) is 0 Å². The first-order valence-corrected chi connectivity index (χ1v) is 4.09. The second-order valence-corrected chi connectivity index (χ2v) is 2.89. The van der Waals surface area contributed by atoms with Crippen molar-refractivity contribution in [2.45, 2.75) is 6.18 Å². The Kier molecular flexibility index (Phi) is 3.17. The minimum atomic E-state index is -4.94. The summed E-state index contributed by atoms with van der Waals surface area (Å²) in [5.74, 6) is -2.77. The van der Waals surface area contributed by atoms with Gasteiger partial charge in [-0.05, 0) is 24.3 Å². The third-order valence-electron chi connectivity index (χ3n) is 1.68. The van der Waals surface area contributed by atoms with Crippen LogP contribution in [-0.2, 0) is 4.79 Å². The molecule has 0 radical (unpaired) electrons. The van der Waals surface area contributed by atoms with Gasteiger partial charge < -0.3 is 11.1 Å². The van der Waals surface area contributed by atoms with Crippen LogP contribution in [0, 0.1) is 0 Å². The molecule has 16 heavy (non-hydrogen) atoms. The molecular formula is C9H7F3N2O2. The van der Waals surface area contributed by atoms with Crippen LogP contribution in [0.2, 0.25) is 0 Å². The van der Waals surface area contributed by atoms with E-state index >= 15 is 0 Å². The zero-order chi connectivity index (χ0) is 12.3. The van der Waals surface area contributed by atoms with Crippen LogP contribution < -0.4 is 11.1 Å². The monoisotopic (exact) mass is 232 g/mol. The van der Waals surface area contributed by atoms with Crippen molar-refractivity contribution in [3.05, 3.63) is 29.8 Å². The number of alkyl halides is 3. The zero-order valence-corrected chi connectivity index (χ0v) is 7.84. The fourth-order valence-electron chi connectivity index (χ4n) is 0.920. The molecule has 0 spiro atoms. The summed E-state index contributed by atoms with van der Waals surface area (Å²) in [5.41, 5.74) is 5.01. The van der Waals surface area contributed by atoms with Crippen LogP contribution in [0.4, 0.5) is 18.9 Å². The van der Waals surface area contributed by atoms with E-state index in [0.717, 1.165) is 12.1 Å². The molecule has 1 rings (SSSR count). The van der Waals surface area contributed by atoms with E-state index in [1.807, 2.05) is 0 Å². The molecule has 2 amide bonds. The second kappa shape index (κ2) is 4.21. The lowest BCUT2D eigenvalue weighted by Crippen LogP contribution is -2.29.